The van der Waals surface area contributed by atoms with Gasteiger partial charge in [-0.1, -0.05) is 215 Å². The molecule has 9 heteroatoms. The number of pyridine rings is 2. The van der Waals surface area contributed by atoms with Crippen molar-refractivity contribution in [3.8, 4) is 61.5 Å². The Bertz CT molecular complexity index is 4790. The largest absolute Gasteiger partial charge is 0.393 e. The molecule has 0 amide bonds. The van der Waals surface area contributed by atoms with E-state index >= 15 is 0 Å². The van der Waals surface area contributed by atoms with E-state index in [1.165, 1.54) is 72.0 Å². The van der Waals surface area contributed by atoms with Crippen LogP contribution in [0, 0.1) is 6.07 Å². The Morgan fingerprint density at radius 1 is 0.404 bits per heavy atom. The van der Waals surface area contributed by atoms with Gasteiger partial charge in [0.15, 0.2) is 0 Å². The van der Waals surface area contributed by atoms with E-state index in [-0.39, 0.29) is 37.7 Å². The van der Waals surface area contributed by atoms with Crippen molar-refractivity contribution in [2.24, 2.45) is 0 Å². The summed E-state index contributed by atoms with van der Waals surface area (Å²) in [6.07, 6.45) is 5.10. The van der Waals surface area contributed by atoms with E-state index in [0.717, 1.165) is 55.8 Å². The summed E-state index contributed by atoms with van der Waals surface area (Å²) in [5.41, 5.74) is 21.5. The SMILES string of the molecule is CC(C)(C)c1cc(-c2[c-]cccc2)ncn1.CC(O)CC(C)O.[Ir].c1ccc(-c2ccc(N(c3ccccc3)c3ccc(-c4ccc5c(c4)c4ccccc4n5-c4ccccc4)cc3)cc2)cc1.c1ccc(-c2ccnc3c2ccc2c(-c4ccccc4)ccnc23)cc1. The smallest absolute Gasteiger partial charge is 0.105 e. The number of aliphatic hydroxyl groups is 2. The second kappa shape index (κ2) is 30.3. The third-order valence-corrected chi connectivity index (χ3v) is 16.3. The molecule has 0 fully saturated rings. The molecule has 0 saturated carbocycles. The molecule has 465 valence electrons. The number of fused-ring (bicyclic) bond motifs is 6. The molecule has 4 aromatic heterocycles. The number of hydrogen-bond donors (Lipinski definition) is 2. The van der Waals surface area contributed by atoms with Crippen molar-refractivity contribution in [3.63, 3.8) is 0 Å². The van der Waals surface area contributed by atoms with E-state index in [9.17, 15) is 0 Å². The van der Waals surface area contributed by atoms with Gasteiger partial charge in [-0.15, -0.1) is 35.9 Å². The van der Waals surface area contributed by atoms with Crippen LogP contribution in [0.2, 0.25) is 0 Å². The van der Waals surface area contributed by atoms with Gasteiger partial charge in [-0.25, -0.2) is 4.98 Å². The van der Waals surface area contributed by atoms with Crippen molar-refractivity contribution in [2.45, 2.75) is 58.7 Å². The number of anilines is 3. The average molecular weight is 1400 g/mol. The van der Waals surface area contributed by atoms with Crippen molar-refractivity contribution in [1.82, 2.24) is 24.5 Å². The third kappa shape index (κ3) is 15.2. The van der Waals surface area contributed by atoms with E-state index < -0.39 is 0 Å². The molecule has 1 radical (unpaired) electrons. The summed E-state index contributed by atoms with van der Waals surface area (Å²) in [4.78, 5) is 20.2. The first-order valence-corrected chi connectivity index (χ1v) is 31.6. The van der Waals surface area contributed by atoms with Gasteiger partial charge in [0.25, 0.3) is 0 Å². The monoisotopic (exact) mass is 1400 g/mol. The van der Waals surface area contributed by atoms with Crippen LogP contribution < -0.4 is 4.90 Å². The van der Waals surface area contributed by atoms with Gasteiger partial charge in [0.2, 0.25) is 0 Å². The zero-order chi connectivity index (χ0) is 64.1. The minimum absolute atomic E-state index is 0. The van der Waals surface area contributed by atoms with E-state index in [2.05, 4.69) is 311 Å². The Morgan fingerprint density at radius 3 is 1.36 bits per heavy atom. The summed E-state index contributed by atoms with van der Waals surface area (Å²) in [7, 11) is 0. The average Bonchev–Trinajstić information content (AvgIpc) is 1.50. The molecule has 4 heterocycles. The van der Waals surface area contributed by atoms with Crippen molar-refractivity contribution in [3.05, 3.63) is 328 Å². The molecule has 0 aliphatic carbocycles. The minimum Gasteiger partial charge on any atom is -0.393 e. The number of aliphatic hydroxyl groups excluding tert-OH is 2. The Balaban J connectivity index is 0.000000152. The summed E-state index contributed by atoms with van der Waals surface area (Å²) in [5, 5.41) is 21.9. The molecule has 0 aliphatic rings. The Kier molecular flexibility index (Phi) is 20.9. The van der Waals surface area contributed by atoms with Crippen molar-refractivity contribution >= 4 is 60.7 Å². The van der Waals surface area contributed by atoms with Crippen LogP contribution in [0.25, 0.3) is 105 Å². The molecule has 94 heavy (non-hydrogen) atoms. The van der Waals surface area contributed by atoms with E-state index in [0.29, 0.717) is 6.42 Å². The van der Waals surface area contributed by atoms with Crippen molar-refractivity contribution in [1.29, 1.82) is 0 Å². The van der Waals surface area contributed by atoms with Gasteiger partial charge in [0.1, 0.15) is 6.33 Å². The first-order chi connectivity index (χ1) is 45.4. The maximum Gasteiger partial charge on any atom is 0.105 e. The zero-order valence-corrected chi connectivity index (χ0v) is 55.7. The molecule has 2 N–H and O–H groups in total. The fourth-order valence-electron chi connectivity index (χ4n) is 11.8. The number of hydrogen-bond acceptors (Lipinski definition) is 7. The van der Waals surface area contributed by atoms with Crippen LogP contribution in [0.15, 0.2) is 316 Å². The van der Waals surface area contributed by atoms with Gasteiger partial charge in [0.05, 0.1) is 34.3 Å². The number of para-hydroxylation sites is 3. The molecule has 2 unspecified atom stereocenters. The third-order valence-electron chi connectivity index (χ3n) is 16.3. The van der Waals surface area contributed by atoms with Gasteiger partial charge in [-0.05, 0) is 149 Å². The van der Waals surface area contributed by atoms with E-state index in [1.54, 1.807) is 20.2 Å². The van der Waals surface area contributed by atoms with Crippen LogP contribution in [-0.2, 0) is 25.5 Å². The first kappa shape index (κ1) is 65.0. The summed E-state index contributed by atoms with van der Waals surface area (Å²) >= 11 is 0. The van der Waals surface area contributed by atoms with Crippen LogP contribution in [0.4, 0.5) is 17.1 Å². The molecule has 0 saturated heterocycles. The van der Waals surface area contributed by atoms with Crippen molar-refractivity contribution < 1.29 is 30.3 Å². The van der Waals surface area contributed by atoms with Crippen LogP contribution in [0.5, 0.6) is 0 Å². The second-order valence-corrected chi connectivity index (χ2v) is 24.1. The number of nitrogens with zero attached hydrogens (tertiary/aromatic N) is 6. The van der Waals surface area contributed by atoms with Gasteiger partial charge in [-0.2, -0.15) is 0 Å². The van der Waals surface area contributed by atoms with Gasteiger partial charge >= 0.3 is 0 Å². The predicted octanol–water partition coefficient (Wildman–Crippen LogP) is 21.1. The molecule has 2 atom stereocenters. The van der Waals surface area contributed by atoms with E-state index in [1.807, 2.05) is 54.9 Å². The minimum atomic E-state index is -0.375. The molecule has 0 spiro atoms. The molecule has 8 nitrogen and oxygen atoms in total. The van der Waals surface area contributed by atoms with Crippen molar-refractivity contribution in [2.75, 3.05) is 4.90 Å². The number of rotatable bonds is 11. The topological polar surface area (TPSA) is 100 Å². The Labute approximate surface area is 564 Å². The maximum absolute atomic E-state index is 8.56. The number of aromatic nitrogens is 5. The summed E-state index contributed by atoms with van der Waals surface area (Å²) in [6, 6.07) is 107. The summed E-state index contributed by atoms with van der Waals surface area (Å²) in [6.45, 7) is 9.76. The first-order valence-electron chi connectivity index (χ1n) is 31.6. The van der Waals surface area contributed by atoms with Crippen LogP contribution in [-0.4, -0.2) is 46.9 Å². The van der Waals surface area contributed by atoms with Crippen LogP contribution >= 0.6 is 0 Å². The quantitative estimate of drug-likeness (QED) is 0.0983. The van der Waals surface area contributed by atoms with Gasteiger partial charge in [-0.3, -0.25) is 15.0 Å². The standard InChI is InChI=1S/C42H30N2.C24H16N2.C14H15N2.C5H12O2.Ir/c1-4-12-31(13-5-1)32-20-25-37(26-21-32)43(35-14-6-2-7-15-35)38-27-22-33(23-28-38)34-24-29-42-40(30-34)39-18-10-11-19-41(39)44(42)36-16-8-3-9-17-36;1-3-7-17(8-4-1)19-13-15-25-23-21(19)11-12-22-20(14-16-26-24(22)23)18-9-5-2-6-10-18;1-14(2,3)13-9-12(15-10-16-13)11-7-5-4-6-8-11;1-4(6)3-5(2)7;/h1-30H;1-16H;4-7,9-10H,1-3H3;4-7H,3H2,1-2H3;/q;;-1;;. The summed E-state index contributed by atoms with van der Waals surface area (Å²) < 4.78 is 2.36. The number of benzene rings is 11. The second-order valence-electron chi connectivity index (χ2n) is 24.1. The molecular weight excluding hydrogens is 1330 g/mol. The molecular formula is C85H73IrN6O2-. The van der Waals surface area contributed by atoms with Gasteiger partial charge < -0.3 is 19.7 Å². The molecule has 11 aromatic carbocycles. The summed E-state index contributed by atoms with van der Waals surface area (Å²) in [5.74, 6) is 0. The fourth-order valence-corrected chi connectivity index (χ4v) is 11.8. The molecule has 15 rings (SSSR count). The molecule has 0 aliphatic heterocycles. The molecule has 0 bridgehead atoms. The van der Waals surface area contributed by atoms with Gasteiger partial charge in [0, 0.05) is 87.9 Å². The van der Waals surface area contributed by atoms with Crippen LogP contribution in [0.3, 0.4) is 0 Å². The normalized spacial score (nSPS) is 11.6. The Morgan fingerprint density at radius 2 is 0.851 bits per heavy atom. The Hall–Kier alpha value is -10.5. The van der Waals surface area contributed by atoms with Crippen LogP contribution in [0.1, 0.15) is 46.7 Å². The predicted molar refractivity (Wildman–Crippen MR) is 387 cm³/mol. The fraction of sp³-hybridized carbons (Fsp3) is 0.106. The maximum atomic E-state index is 8.56. The zero-order valence-electron chi connectivity index (χ0n) is 53.3. The van der Waals surface area contributed by atoms with E-state index in [4.69, 9.17) is 10.2 Å². The molecule has 15 aromatic rings.